The van der Waals surface area contributed by atoms with Crippen molar-refractivity contribution in [3.05, 3.63) is 47.6 Å². The maximum atomic E-state index is 12.2. The highest BCUT2D eigenvalue weighted by molar-refractivity contribution is 5.73. The summed E-state index contributed by atoms with van der Waals surface area (Å²) in [5.41, 5.74) is 3.50. The largest absolute Gasteiger partial charge is 0.341 e. The molecule has 1 atom stereocenters. The Bertz CT molecular complexity index is 644. The van der Waals surface area contributed by atoms with E-state index < -0.39 is 0 Å². The Kier molecular flexibility index (Phi) is 4.87. The lowest BCUT2D eigenvalue weighted by atomic mass is 9.98. The highest BCUT2D eigenvalue weighted by Crippen LogP contribution is 2.25. The SMILES string of the molecule is Cc1noc(C2CCCN(C(=O)NOCc3ccccc3)C2)n1. The normalized spacial score (nSPS) is 18.0. The molecule has 1 saturated heterocycles. The van der Waals surface area contributed by atoms with Crippen LogP contribution >= 0.6 is 0 Å². The molecule has 1 aromatic carbocycles. The number of aromatic nitrogens is 2. The Balaban J connectivity index is 1.49. The van der Waals surface area contributed by atoms with Crippen LogP contribution in [0.3, 0.4) is 0 Å². The van der Waals surface area contributed by atoms with Crippen LogP contribution in [0.1, 0.15) is 36.0 Å². The third kappa shape index (κ3) is 4.07. The second kappa shape index (κ2) is 7.23. The van der Waals surface area contributed by atoms with E-state index in [2.05, 4.69) is 15.6 Å². The zero-order chi connectivity index (χ0) is 16.1. The van der Waals surface area contributed by atoms with E-state index in [1.54, 1.807) is 11.8 Å². The monoisotopic (exact) mass is 316 g/mol. The van der Waals surface area contributed by atoms with Gasteiger partial charge in [-0.3, -0.25) is 4.84 Å². The van der Waals surface area contributed by atoms with Crippen molar-refractivity contribution < 1.29 is 14.2 Å². The molecule has 7 heteroatoms. The van der Waals surface area contributed by atoms with Gasteiger partial charge in [0.05, 0.1) is 12.5 Å². The van der Waals surface area contributed by atoms with E-state index in [1.807, 2.05) is 30.3 Å². The van der Waals surface area contributed by atoms with Gasteiger partial charge in [0.2, 0.25) is 5.89 Å². The summed E-state index contributed by atoms with van der Waals surface area (Å²) < 4.78 is 5.22. The summed E-state index contributed by atoms with van der Waals surface area (Å²) >= 11 is 0. The minimum absolute atomic E-state index is 0.0878. The second-order valence-electron chi connectivity index (χ2n) is 5.65. The standard InChI is InChI=1S/C16H20N4O3/c1-12-17-15(23-18-12)14-8-5-9-20(10-14)16(21)19-22-11-13-6-3-2-4-7-13/h2-4,6-7,14H,5,8-11H2,1H3,(H,19,21). The summed E-state index contributed by atoms with van der Waals surface area (Å²) in [6, 6.07) is 9.46. The van der Waals surface area contributed by atoms with Crippen LogP contribution in [0, 0.1) is 6.92 Å². The molecule has 0 saturated carbocycles. The van der Waals surface area contributed by atoms with Crippen LogP contribution in [0.2, 0.25) is 0 Å². The molecule has 1 aromatic heterocycles. The molecule has 1 fully saturated rings. The number of likely N-dealkylation sites (tertiary alicyclic amines) is 1. The Morgan fingerprint density at radius 3 is 3.00 bits per heavy atom. The zero-order valence-electron chi connectivity index (χ0n) is 13.1. The van der Waals surface area contributed by atoms with E-state index in [4.69, 9.17) is 9.36 Å². The lowest BCUT2D eigenvalue weighted by Gasteiger charge is -2.30. The number of aryl methyl sites for hydroxylation is 1. The minimum Gasteiger partial charge on any atom is -0.339 e. The van der Waals surface area contributed by atoms with Gasteiger partial charge >= 0.3 is 6.03 Å². The third-order valence-corrected chi connectivity index (χ3v) is 3.84. The van der Waals surface area contributed by atoms with E-state index >= 15 is 0 Å². The smallest absolute Gasteiger partial charge is 0.339 e. The molecule has 7 nitrogen and oxygen atoms in total. The maximum Gasteiger partial charge on any atom is 0.341 e. The first-order valence-electron chi connectivity index (χ1n) is 7.73. The number of benzene rings is 1. The molecule has 2 heterocycles. The summed E-state index contributed by atoms with van der Waals surface area (Å²) in [7, 11) is 0. The second-order valence-corrected chi connectivity index (χ2v) is 5.65. The number of piperidine rings is 1. The van der Waals surface area contributed by atoms with Crippen molar-refractivity contribution >= 4 is 6.03 Å². The van der Waals surface area contributed by atoms with Crippen molar-refractivity contribution in [2.45, 2.75) is 32.3 Å². The molecule has 1 aliphatic rings. The first-order valence-corrected chi connectivity index (χ1v) is 7.73. The van der Waals surface area contributed by atoms with Gasteiger partial charge in [0.25, 0.3) is 0 Å². The molecule has 2 aromatic rings. The maximum absolute atomic E-state index is 12.2. The molecule has 23 heavy (non-hydrogen) atoms. The van der Waals surface area contributed by atoms with E-state index in [0.717, 1.165) is 18.4 Å². The van der Waals surface area contributed by atoms with Crippen LogP contribution in [0.4, 0.5) is 4.79 Å². The number of hydrogen-bond acceptors (Lipinski definition) is 5. The van der Waals surface area contributed by atoms with Gasteiger partial charge in [0.1, 0.15) is 0 Å². The summed E-state index contributed by atoms with van der Waals surface area (Å²) in [4.78, 5) is 23.5. The predicted molar refractivity (Wildman–Crippen MR) is 82.3 cm³/mol. The first kappa shape index (κ1) is 15.5. The number of urea groups is 1. The zero-order valence-corrected chi connectivity index (χ0v) is 13.1. The number of carbonyl (C=O) groups is 1. The first-order chi connectivity index (χ1) is 11.2. The fourth-order valence-electron chi connectivity index (χ4n) is 2.66. The summed E-state index contributed by atoms with van der Waals surface area (Å²) in [6.07, 6.45) is 1.84. The van der Waals surface area contributed by atoms with Crippen LogP contribution in [0.25, 0.3) is 0 Å². The Morgan fingerprint density at radius 1 is 1.43 bits per heavy atom. The highest BCUT2D eigenvalue weighted by atomic mass is 16.7. The van der Waals surface area contributed by atoms with E-state index in [9.17, 15) is 4.79 Å². The van der Waals surface area contributed by atoms with E-state index in [0.29, 0.717) is 31.4 Å². The van der Waals surface area contributed by atoms with Gasteiger partial charge in [-0.25, -0.2) is 10.3 Å². The van der Waals surface area contributed by atoms with E-state index in [1.165, 1.54) is 0 Å². The average molecular weight is 316 g/mol. The molecule has 0 aliphatic carbocycles. The van der Waals surface area contributed by atoms with Gasteiger partial charge in [-0.15, -0.1) is 0 Å². The molecular weight excluding hydrogens is 296 g/mol. The molecule has 122 valence electrons. The molecule has 0 spiro atoms. The molecule has 2 amide bonds. The molecule has 0 bridgehead atoms. The van der Waals surface area contributed by atoms with Crippen molar-refractivity contribution in [3.8, 4) is 0 Å². The van der Waals surface area contributed by atoms with Crippen molar-refractivity contribution in [1.82, 2.24) is 20.5 Å². The number of carbonyl (C=O) groups excluding carboxylic acids is 1. The van der Waals surface area contributed by atoms with Gasteiger partial charge in [-0.05, 0) is 25.3 Å². The topological polar surface area (TPSA) is 80.5 Å². The van der Waals surface area contributed by atoms with Crippen molar-refractivity contribution in [1.29, 1.82) is 0 Å². The number of hydroxylamine groups is 1. The minimum atomic E-state index is -0.234. The van der Waals surface area contributed by atoms with Crippen molar-refractivity contribution in [2.75, 3.05) is 13.1 Å². The number of amides is 2. The van der Waals surface area contributed by atoms with Gasteiger partial charge in [-0.2, -0.15) is 4.98 Å². The van der Waals surface area contributed by atoms with Crippen molar-refractivity contribution in [2.24, 2.45) is 0 Å². The average Bonchev–Trinajstić information content (AvgIpc) is 3.02. The Hall–Kier alpha value is -2.41. The predicted octanol–water partition coefficient (Wildman–Crippen LogP) is 2.40. The number of hydrogen-bond donors (Lipinski definition) is 1. The van der Waals surface area contributed by atoms with Crippen LogP contribution in [-0.2, 0) is 11.4 Å². The Morgan fingerprint density at radius 2 is 2.26 bits per heavy atom. The number of nitrogens with one attached hydrogen (secondary N) is 1. The van der Waals surface area contributed by atoms with E-state index in [-0.39, 0.29) is 11.9 Å². The molecule has 1 unspecified atom stereocenters. The fraction of sp³-hybridized carbons (Fsp3) is 0.438. The van der Waals surface area contributed by atoms with Gasteiger partial charge in [-0.1, -0.05) is 35.5 Å². The quantitative estimate of drug-likeness (QED) is 0.876. The highest BCUT2D eigenvalue weighted by Gasteiger charge is 2.28. The molecular formula is C16H20N4O3. The number of nitrogens with zero attached hydrogens (tertiary/aromatic N) is 3. The molecule has 0 radical (unpaired) electrons. The van der Waals surface area contributed by atoms with Crippen molar-refractivity contribution in [3.63, 3.8) is 0 Å². The van der Waals surface area contributed by atoms with Gasteiger partial charge in [0.15, 0.2) is 5.82 Å². The third-order valence-electron chi connectivity index (χ3n) is 3.84. The van der Waals surface area contributed by atoms with Crippen LogP contribution in [0.15, 0.2) is 34.9 Å². The fourth-order valence-corrected chi connectivity index (χ4v) is 2.66. The summed E-state index contributed by atoms with van der Waals surface area (Å²) in [5, 5.41) is 3.82. The number of rotatable bonds is 4. The summed E-state index contributed by atoms with van der Waals surface area (Å²) in [5.74, 6) is 1.31. The molecule has 1 N–H and O–H groups in total. The summed E-state index contributed by atoms with van der Waals surface area (Å²) in [6.45, 7) is 3.39. The lowest BCUT2D eigenvalue weighted by molar-refractivity contribution is 0.0331. The van der Waals surface area contributed by atoms with Crippen LogP contribution in [0.5, 0.6) is 0 Å². The molecule has 3 rings (SSSR count). The van der Waals surface area contributed by atoms with Crippen LogP contribution in [-0.4, -0.2) is 34.2 Å². The molecule has 1 aliphatic heterocycles. The Labute approximate surface area is 134 Å². The van der Waals surface area contributed by atoms with Crippen LogP contribution < -0.4 is 5.48 Å². The van der Waals surface area contributed by atoms with Gasteiger partial charge < -0.3 is 9.42 Å². The lowest BCUT2D eigenvalue weighted by Crippen LogP contribution is -2.44. The van der Waals surface area contributed by atoms with Gasteiger partial charge in [0, 0.05) is 13.1 Å².